The standard InChI is InChI=1S/C22H23F2N3O2/c1-3-4-5-7-15-8-6-9-17(14-15)22(19(28)27(2)21(25)26-22)16-10-12-18(13-11-16)29-20(23)24/h3,6,8-14,20H,1,4-5,7H2,2H3,(H2,25,26)/t22-/m0/s1. The molecular formula is C22H23F2N3O2. The third kappa shape index (κ3) is 3.99. The van der Waals surface area contributed by atoms with Crippen LogP contribution in [-0.2, 0) is 16.8 Å². The fraction of sp³-hybridized carbons (Fsp3) is 0.273. The number of carbonyl (C=O) groups is 1. The van der Waals surface area contributed by atoms with Gasteiger partial charge in [-0.2, -0.15) is 8.78 Å². The van der Waals surface area contributed by atoms with Gasteiger partial charge in [-0.25, -0.2) is 4.99 Å². The van der Waals surface area contributed by atoms with Gasteiger partial charge in [0.05, 0.1) is 0 Å². The minimum atomic E-state index is -2.92. The predicted molar refractivity (Wildman–Crippen MR) is 108 cm³/mol. The Morgan fingerprint density at radius 3 is 2.55 bits per heavy atom. The molecule has 7 heteroatoms. The van der Waals surface area contributed by atoms with Gasteiger partial charge >= 0.3 is 6.61 Å². The van der Waals surface area contributed by atoms with Crippen molar-refractivity contribution in [3.8, 4) is 5.75 Å². The van der Waals surface area contributed by atoms with E-state index in [0.717, 1.165) is 24.8 Å². The van der Waals surface area contributed by atoms with E-state index in [1.807, 2.05) is 30.3 Å². The van der Waals surface area contributed by atoms with Crippen molar-refractivity contribution < 1.29 is 18.3 Å². The molecule has 5 nitrogen and oxygen atoms in total. The number of benzene rings is 2. The molecule has 0 saturated carbocycles. The zero-order chi connectivity index (χ0) is 21.0. The van der Waals surface area contributed by atoms with Crippen LogP contribution in [0.1, 0.15) is 29.5 Å². The number of aliphatic imine (C=N–C) groups is 1. The molecule has 0 aliphatic carbocycles. The topological polar surface area (TPSA) is 67.9 Å². The number of hydrogen-bond acceptors (Lipinski definition) is 4. The minimum absolute atomic E-state index is 0.00725. The third-order valence-electron chi connectivity index (χ3n) is 4.96. The van der Waals surface area contributed by atoms with Crippen LogP contribution < -0.4 is 10.5 Å². The number of allylic oxidation sites excluding steroid dienone is 1. The summed E-state index contributed by atoms with van der Waals surface area (Å²) < 4.78 is 29.4. The molecular weight excluding hydrogens is 376 g/mol. The lowest BCUT2D eigenvalue weighted by Gasteiger charge is -2.26. The molecule has 1 aliphatic rings. The van der Waals surface area contributed by atoms with Gasteiger partial charge in [0.25, 0.3) is 5.91 Å². The molecule has 1 aliphatic heterocycles. The van der Waals surface area contributed by atoms with E-state index in [0.29, 0.717) is 11.1 Å². The Hall–Kier alpha value is -3.22. The number of hydrogen-bond donors (Lipinski definition) is 1. The summed E-state index contributed by atoms with van der Waals surface area (Å²) in [6, 6.07) is 13.6. The van der Waals surface area contributed by atoms with Crippen LogP contribution in [0.15, 0.2) is 66.2 Å². The van der Waals surface area contributed by atoms with E-state index in [1.54, 1.807) is 19.2 Å². The van der Waals surface area contributed by atoms with E-state index in [1.165, 1.54) is 17.0 Å². The van der Waals surface area contributed by atoms with Gasteiger partial charge in [0, 0.05) is 7.05 Å². The molecule has 1 heterocycles. The Morgan fingerprint density at radius 1 is 1.24 bits per heavy atom. The first-order valence-corrected chi connectivity index (χ1v) is 9.27. The van der Waals surface area contributed by atoms with Gasteiger partial charge in [-0.3, -0.25) is 9.69 Å². The van der Waals surface area contributed by atoms with E-state index in [4.69, 9.17) is 5.73 Å². The lowest BCUT2D eigenvalue weighted by atomic mass is 9.82. The summed E-state index contributed by atoms with van der Waals surface area (Å²) in [5.74, 6) is -0.200. The molecule has 3 rings (SSSR count). The summed E-state index contributed by atoms with van der Waals surface area (Å²) in [6.07, 6.45) is 4.54. The SMILES string of the molecule is C=CCCCc1cccc([C@]2(c3ccc(OC(F)F)cc3)N=C(N)N(C)C2=O)c1. The summed E-state index contributed by atoms with van der Waals surface area (Å²) in [6.45, 7) is 0.814. The molecule has 0 bridgehead atoms. The van der Waals surface area contributed by atoms with Crippen molar-refractivity contribution >= 4 is 11.9 Å². The van der Waals surface area contributed by atoms with Crippen molar-refractivity contribution in [2.24, 2.45) is 10.7 Å². The van der Waals surface area contributed by atoms with Crippen molar-refractivity contribution in [2.75, 3.05) is 7.05 Å². The molecule has 0 saturated heterocycles. The highest BCUT2D eigenvalue weighted by atomic mass is 19.3. The molecule has 0 fully saturated rings. The fourth-order valence-electron chi connectivity index (χ4n) is 3.46. The molecule has 152 valence electrons. The summed E-state index contributed by atoms with van der Waals surface area (Å²) in [5, 5.41) is 0. The lowest BCUT2D eigenvalue weighted by molar-refractivity contribution is -0.129. The molecule has 0 aromatic heterocycles. The fourth-order valence-corrected chi connectivity index (χ4v) is 3.46. The van der Waals surface area contributed by atoms with Gasteiger partial charge in [0.2, 0.25) is 0 Å². The molecule has 29 heavy (non-hydrogen) atoms. The second kappa shape index (κ2) is 8.43. The lowest BCUT2D eigenvalue weighted by Crippen LogP contribution is -2.41. The molecule has 1 amide bonds. The molecule has 0 radical (unpaired) electrons. The summed E-state index contributed by atoms with van der Waals surface area (Å²) in [5.41, 5.74) is 6.88. The van der Waals surface area contributed by atoms with Gasteiger partial charge < -0.3 is 10.5 Å². The number of nitrogens with two attached hydrogens (primary N) is 1. The normalized spacial score (nSPS) is 18.8. The van der Waals surface area contributed by atoms with Gasteiger partial charge in [-0.15, -0.1) is 6.58 Å². The highest BCUT2D eigenvalue weighted by molar-refractivity contribution is 6.08. The predicted octanol–water partition coefficient (Wildman–Crippen LogP) is 3.83. The van der Waals surface area contributed by atoms with Crippen LogP contribution in [-0.4, -0.2) is 30.4 Å². The second-order valence-corrected chi connectivity index (χ2v) is 6.83. The van der Waals surface area contributed by atoms with Crippen LogP contribution in [0.4, 0.5) is 8.78 Å². The first-order valence-electron chi connectivity index (χ1n) is 9.27. The van der Waals surface area contributed by atoms with Crippen LogP contribution in [0.5, 0.6) is 5.75 Å². The number of unbranched alkanes of at least 4 members (excludes halogenated alkanes) is 1. The van der Waals surface area contributed by atoms with Crippen molar-refractivity contribution in [3.05, 3.63) is 77.9 Å². The Kier molecular flexibility index (Phi) is 5.96. The number of halogens is 2. The number of rotatable bonds is 8. The van der Waals surface area contributed by atoms with E-state index in [9.17, 15) is 13.6 Å². The van der Waals surface area contributed by atoms with Crippen molar-refractivity contribution in [1.82, 2.24) is 4.90 Å². The van der Waals surface area contributed by atoms with Gasteiger partial charge in [0.15, 0.2) is 11.5 Å². The van der Waals surface area contributed by atoms with E-state index < -0.39 is 12.2 Å². The van der Waals surface area contributed by atoms with E-state index >= 15 is 0 Å². The third-order valence-corrected chi connectivity index (χ3v) is 4.96. The number of ether oxygens (including phenoxy) is 1. The maximum Gasteiger partial charge on any atom is 0.387 e. The van der Waals surface area contributed by atoms with Gasteiger partial charge in [-0.1, -0.05) is 42.5 Å². The quantitative estimate of drug-likeness (QED) is 0.542. The van der Waals surface area contributed by atoms with Crippen molar-refractivity contribution in [1.29, 1.82) is 0 Å². The molecule has 0 unspecified atom stereocenters. The van der Waals surface area contributed by atoms with Crippen molar-refractivity contribution in [3.63, 3.8) is 0 Å². The van der Waals surface area contributed by atoms with Crippen LogP contribution in [0.3, 0.4) is 0 Å². The summed E-state index contributed by atoms with van der Waals surface area (Å²) >= 11 is 0. The average molecular weight is 399 g/mol. The van der Waals surface area contributed by atoms with Crippen LogP contribution in [0.25, 0.3) is 0 Å². The number of nitrogens with zero attached hydrogens (tertiary/aromatic N) is 2. The van der Waals surface area contributed by atoms with Crippen LogP contribution in [0.2, 0.25) is 0 Å². The summed E-state index contributed by atoms with van der Waals surface area (Å²) in [4.78, 5) is 19.1. The smallest absolute Gasteiger partial charge is 0.387 e. The number of amides is 1. The molecule has 2 aromatic rings. The number of carbonyl (C=O) groups excluding carboxylic acids is 1. The Morgan fingerprint density at radius 2 is 1.97 bits per heavy atom. The molecule has 0 spiro atoms. The molecule has 2 aromatic carbocycles. The largest absolute Gasteiger partial charge is 0.435 e. The Bertz CT molecular complexity index is 928. The Balaban J connectivity index is 2.06. The van der Waals surface area contributed by atoms with Gasteiger partial charge in [-0.05, 0) is 48.1 Å². The second-order valence-electron chi connectivity index (χ2n) is 6.83. The van der Waals surface area contributed by atoms with Gasteiger partial charge in [0.1, 0.15) is 5.75 Å². The van der Waals surface area contributed by atoms with Crippen LogP contribution >= 0.6 is 0 Å². The monoisotopic (exact) mass is 399 g/mol. The molecule has 1 atom stereocenters. The van der Waals surface area contributed by atoms with E-state index in [-0.39, 0.29) is 17.6 Å². The average Bonchev–Trinajstić information content (AvgIpc) is 2.93. The maximum absolute atomic E-state index is 13.2. The minimum Gasteiger partial charge on any atom is -0.435 e. The highest BCUT2D eigenvalue weighted by Gasteiger charge is 2.49. The zero-order valence-corrected chi connectivity index (χ0v) is 16.1. The van der Waals surface area contributed by atoms with Crippen LogP contribution in [0, 0.1) is 0 Å². The number of likely N-dealkylation sites (N-methyl/N-ethyl adjacent to an activating group) is 1. The van der Waals surface area contributed by atoms with E-state index in [2.05, 4.69) is 16.3 Å². The number of alkyl halides is 2. The maximum atomic E-state index is 13.2. The first kappa shape index (κ1) is 20.5. The Labute approximate surface area is 168 Å². The summed E-state index contributed by atoms with van der Waals surface area (Å²) in [7, 11) is 1.56. The number of aryl methyl sites for hydroxylation is 1. The molecule has 2 N–H and O–H groups in total. The highest BCUT2D eigenvalue weighted by Crippen LogP contribution is 2.40. The van der Waals surface area contributed by atoms with Crippen molar-refractivity contribution in [2.45, 2.75) is 31.4 Å². The zero-order valence-electron chi connectivity index (χ0n) is 16.1. The first-order chi connectivity index (χ1) is 13.9. The number of guanidine groups is 1.